The average Bonchev–Trinajstić information content (AvgIpc) is 2.70. The Hall–Kier alpha value is -1.23. The van der Waals surface area contributed by atoms with Crippen LogP contribution in [0.15, 0.2) is 12.1 Å². The zero-order valence-electron chi connectivity index (χ0n) is 19.5. The van der Waals surface area contributed by atoms with Crippen LogP contribution in [0.2, 0.25) is 0 Å². The van der Waals surface area contributed by atoms with Crippen molar-refractivity contribution in [3.63, 3.8) is 0 Å². The molecule has 0 aliphatic heterocycles. The summed E-state index contributed by atoms with van der Waals surface area (Å²) in [6.07, 6.45) is 1.98. The molecule has 0 saturated heterocycles. The summed E-state index contributed by atoms with van der Waals surface area (Å²) in [5.74, 6) is 2.53. The molecular formula is C26H37IO2. The Morgan fingerprint density at radius 3 is 1.38 bits per heavy atom. The van der Waals surface area contributed by atoms with Gasteiger partial charge < -0.3 is 9.47 Å². The minimum absolute atomic E-state index is 0.370. The quantitative estimate of drug-likeness (QED) is 0.259. The van der Waals surface area contributed by atoms with Gasteiger partial charge in [-0.15, -0.1) is 0 Å². The van der Waals surface area contributed by atoms with Crippen LogP contribution in [0.4, 0.5) is 0 Å². The molecule has 0 N–H and O–H groups in total. The van der Waals surface area contributed by atoms with Crippen molar-refractivity contribution in [1.82, 2.24) is 0 Å². The number of hydrogen-bond acceptors (Lipinski definition) is 2. The molecule has 0 spiro atoms. The van der Waals surface area contributed by atoms with Gasteiger partial charge >= 0.3 is 0 Å². The molecule has 0 aromatic heterocycles. The van der Waals surface area contributed by atoms with Crippen LogP contribution in [0.5, 0.6) is 11.5 Å². The highest BCUT2D eigenvalue weighted by atomic mass is 127. The molecule has 2 rings (SSSR count). The summed E-state index contributed by atoms with van der Waals surface area (Å²) in [4.78, 5) is 0. The average molecular weight is 508 g/mol. The third-order valence-corrected chi connectivity index (χ3v) is 6.85. The van der Waals surface area contributed by atoms with E-state index in [-0.39, 0.29) is 0 Å². The van der Waals surface area contributed by atoms with E-state index in [9.17, 15) is 0 Å². The molecule has 0 fully saturated rings. The molecule has 2 aromatic rings. The lowest BCUT2D eigenvalue weighted by Crippen LogP contribution is -2.13. The second-order valence-corrected chi connectivity index (χ2v) is 8.59. The van der Waals surface area contributed by atoms with E-state index in [1.54, 1.807) is 0 Å². The van der Waals surface area contributed by atoms with Crippen molar-refractivity contribution in [3.05, 3.63) is 56.6 Å². The molecule has 0 saturated carbocycles. The number of halogens is 1. The second-order valence-electron chi connectivity index (χ2n) is 7.71. The van der Waals surface area contributed by atoms with Crippen LogP contribution >= 0.6 is 22.6 Å². The molecule has 0 bridgehead atoms. The first-order chi connectivity index (χ1) is 13.9. The summed E-state index contributed by atoms with van der Waals surface area (Å²) < 4.78 is 13.1. The van der Waals surface area contributed by atoms with Crippen molar-refractivity contribution in [2.75, 3.05) is 17.6 Å². The molecule has 2 nitrogen and oxygen atoms in total. The number of hydrogen-bond donors (Lipinski definition) is 0. The molecule has 29 heavy (non-hydrogen) atoms. The number of aryl methyl sites for hydroxylation is 2. The first-order valence-electron chi connectivity index (χ1n) is 10.9. The van der Waals surface area contributed by atoms with Gasteiger partial charge in [0.25, 0.3) is 0 Å². The molecule has 0 amide bonds. The van der Waals surface area contributed by atoms with Gasteiger partial charge in [-0.3, -0.25) is 0 Å². The van der Waals surface area contributed by atoms with Crippen LogP contribution in [0.25, 0.3) is 0 Å². The van der Waals surface area contributed by atoms with E-state index in [1.807, 2.05) is 0 Å². The van der Waals surface area contributed by atoms with Crippen molar-refractivity contribution in [3.8, 4) is 11.5 Å². The number of alkyl halides is 1. The summed E-state index contributed by atoms with van der Waals surface area (Å²) in [6.45, 7) is 18.9. The van der Waals surface area contributed by atoms with Gasteiger partial charge in [0.15, 0.2) is 0 Å². The van der Waals surface area contributed by atoms with Crippen molar-refractivity contribution in [1.29, 1.82) is 0 Å². The number of rotatable bonds is 9. The largest absolute Gasteiger partial charge is 0.493 e. The Bertz CT molecular complexity index is 785. The van der Waals surface area contributed by atoms with Crippen molar-refractivity contribution >= 4 is 22.6 Å². The fourth-order valence-electron chi connectivity index (χ4n) is 4.58. The lowest BCUT2D eigenvalue weighted by atomic mass is 9.82. The van der Waals surface area contributed by atoms with Crippen LogP contribution < -0.4 is 9.47 Å². The third-order valence-electron chi connectivity index (χ3n) is 5.97. The maximum Gasteiger partial charge on any atom is 0.125 e. The van der Waals surface area contributed by atoms with Crippen molar-refractivity contribution < 1.29 is 9.47 Å². The summed E-state index contributed by atoms with van der Waals surface area (Å²) in [7, 11) is 0. The van der Waals surface area contributed by atoms with Gasteiger partial charge in [-0.05, 0) is 98.9 Å². The standard InChI is InChI=1S/C26H37IO2/c1-9-20-18(7)22(13-16(5)25(20)28-11-3)24(15-27)23-14-17(6)26(29-12-4)21(10-2)19(23)8/h13-14,24H,9-12,15H2,1-8H3. The van der Waals surface area contributed by atoms with E-state index >= 15 is 0 Å². The van der Waals surface area contributed by atoms with Crippen LogP contribution in [-0.2, 0) is 12.8 Å². The molecule has 0 heterocycles. The smallest absolute Gasteiger partial charge is 0.125 e. The minimum atomic E-state index is 0.370. The van der Waals surface area contributed by atoms with E-state index in [1.165, 1.54) is 44.5 Å². The molecule has 2 aromatic carbocycles. The topological polar surface area (TPSA) is 18.5 Å². The number of benzene rings is 2. The Kier molecular flexibility index (Phi) is 8.87. The SMILES string of the molecule is CCOc1c(C)cc(C(CI)c2cc(C)c(OCC)c(CC)c2C)c(C)c1CC. The Labute approximate surface area is 191 Å². The fourth-order valence-corrected chi connectivity index (χ4v) is 5.53. The van der Waals surface area contributed by atoms with Gasteiger partial charge in [-0.2, -0.15) is 0 Å². The minimum Gasteiger partial charge on any atom is -0.493 e. The van der Waals surface area contributed by atoms with Gasteiger partial charge in [-0.1, -0.05) is 48.6 Å². The molecule has 0 unspecified atom stereocenters. The first kappa shape index (κ1) is 24.0. The molecule has 0 aliphatic rings. The molecular weight excluding hydrogens is 471 g/mol. The predicted octanol–water partition coefficient (Wildman–Crippen LogP) is 7.41. The summed E-state index contributed by atoms with van der Waals surface area (Å²) in [6, 6.07) is 4.72. The Balaban J connectivity index is 2.72. The third kappa shape index (κ3) is 4.76. The Morgan fingerprint density at radius 1 is 0.724 bits per heavy atom. The number of ether oxygens (including phenoxy) is 2. The second kappa shape index (κ2) is 10.7. The van der Waals surface area contributed by atoms with Gasteiger partial charge in [0.2, 0.25) is 0 Å². The van der Waals surface area contributed by atoms with Gasteiger partial charge in [0, 0.05) is 10.3 Å². The molecule has 0 atom stereocenters. The van der Waals surface area contributed by atoms with E-state index in [4.69, 9.17) is 9.47 Å². The van der Waals surface area contributed by atoms with Crippen LogP contribution in [0.3, 0.4) is 0 Å². The highest BCUT2D eigenvalue weighted by molar-refractivity contribution is 14.1. The maximum atomic E-state index is 6.02. The molecule has 3 heteroatoms. The lowest BCUT2D eigenvalue weighted by Gasteiger charge is -2.27. The lowest BCUT2D eigenvalue weighted by molar-refractivity contribution is 0.334. The van der Waals surface area contributed by atoms with Gasteiger partial charge in [0.05, 0.1) is 13.2 Å². The van der Waals surface area contributed by atoms with Crippen molar-refractivity contribution in [2.45, 2.75) is 74.1 Å². The van der Waals surface area contributed by atoms with E-state index in [0.717, 1.165) is 28.8 Å². The zero-order valence-corrected chi connectivity index (χ0v) is 21.6. The van der Waals surface area contributed by atoms with Gasteiger partial charge in [-0.25, -0.2) is 0 Å². The zero-order chi connectivity index (χ0) is 21.7. The molecule has 160 valence electrons. The fraction of sp³-hybridized carbons (Fsp3) is 0.538. The monoisotopic (exact) mass is 508 g/mol. The van der Waals surface area contributed by atoms with E-state index < -0.39 is 0 Å². The summed E-state index contributed by atoms with van der Waals surface area (Å²) in [5, 5.41) is 0. The Morgan fingerprint density at radius 2 is 1.10 bits per heavy atom. The predicted molar refractivity (Wildman–Crippen MR) is 134 cm³/mol. The van der Waals surface area contributed by atoms with E-state index in [2.05, 4.69) is 90.1 Å². The highest BCUT2D eigenvalue weighted by Crippen LogP contribution is 2.41. The molecule has 0 radical (unpaired) electrons. The van der Waals surface area contributed by atoms with Crippen LogP contribution in [0, 0.1) is 27.7 Å². The normalized spacial score (nSPS) is 11.2. The molecule has 0 aliphatic carbocycles. The summed E-state index contributed by atoms with van der Waals surface area (Å²) >= 11 is 2.55. The maximum absolute atomic E-state index is 6.02. The first-order valence-corrected chi connectivity index (χ1v) is 12.5. The highest BCUT2D eigenvalue weighted by Gasteiger charge is 2.24. The van der Waals surface area contributed by atoms with Crippen molar-refractivity contribution in [2.24, 2.45) is 0 Å². The van der Waals surface area contributed by atoms with Crippen LogP contribution in [0.1, 0.15) is 78.1 Å². The van der Waals surface area contributed by atoms with Gasteiger partial charge in [0.1, 0.15) is 11.5 Å². The van der Waals surface area contributed by atoms with Crippen LogP contribution in [-0.4, -0.2) is 17.6 Å². The summed E-state index contributed by atoms with van der Waals surface area (Å²) in [5.41, 5.74) is 10.8. The van der Waals surface area contributed by atoms with E-state index in [0.29, 0.717) is 19.1 Å².